The predicted molar refractivity (Wildman–Crippen MR) is 105 cm³/mol. The molecule has 0 saturated heterocycles. The van der Waals surface area contributed by atoms with Crippen LogP contribution in [-0.2, 0) is 0 Å². The van der Waals surface area contributed by atoms with E-state index in [0.717, 1.165) is 29.3 Å². The van der Waals surface area contributed by atoms with Crippen molar-refractivity contribution in [2.75, 3.05) is 25.1 Å². The molecule has 136 valence electrons. The monoisotopic (exact) mass is 359 g/mol. The molecule has 5 rings (SSSR count). The van der Waals surface area contributed by atoms with E-state index in [9.17, 15) is 5.11 Å². The number of ether oxygens (including phenoxy) is 2. The highest BCUT2D eigenvalue weighted by molar-refractivity contribution is 5.62. The fourth-order valence-electron chi connectivity index (χ4n) is 4.16. The lowest BCUT2D eigenvalue weighted by molar-refractivity contribution is 0.248. The molecule has 2 atom stereocenters. The van der Waals surface area contributed by atoms with Gasteiger partial charge in [-0.15, -0.1) is 0 Å². The van der Waals surface area contributed by atoms with Gasteiger partial charge in [-0.1, -0.05) is 36.4 Å². The van der Waals surface area contributed by atoms with E-state index in [1.165, 1.54) is 11.1 Å². The van der Waals surface area contributed by atoms with Gasteiger partial charge in [0.25, 0.3) is 0 Å². The smallest absolute Gasteiger partial charge is 0.142 e. The number of hydrogen-bond acceptors (Lipinski definition) is 4. The van der Waals surface area contributed by atoms with Crippen molar-refractivity contribution in [2.45, 2.75) is 11.8 Å². The lowest BCUT2D eigenvalue weighted by Gasteiger charge is -2.35. The summed E-state index contributed by atoms with van der Waals surface area (Å²) in [7, 11) is 0. The number of hydrogen-bond donors (Lipinski definition) is 2. The minimum atomic E-state index is 0.0947. The maximum absolute atomic E-state index is 10.1. The summed E-state index contributed by atoms with van der Waals surface area (Å²) < 4.78 is 11.8. The Morgan fingerprint density at radius 3 is 2.59 bits per heavy atom. The third kappa shape index (κ3) is 2.87. The molecule has 2 heterocycles. The SMILES string of the molecule is Oc1ccc2c(c1)C(c1ccc3c(c1)NCCO3)[C@@H](c1ccccc1)CO2. The normalized spacial score (nSPS) is 20.4. The van der Waals surface area contributed by atoms with Crippen LogP contribution in [0.2, 0.25) is 0 Å². The van der Waals surface area contributed by atoms with Gasteiger partial charge in [0.2, 0.25) is 0 Å². The van der Waals surface area contributed by atoms with Gasteiger partial charge in [0, 0.05) is 23.9 Å². The van der Waals surface area contributed by atoms with E-state index < -0.39 is 0 Å². The summed E-state index contributed by atoms with van der Waals surface area (Å²) in [6, 6.07) is 22.2. The summed E-state index contributed by atoms with van der Waals surface area (Å²) in [5.74, 6) is 2.26. The molecule has 2 N–H and O–H groups in total. The Kier molecular flexibility index (Phi) is 3.89. The lowest BCUT2D eigenvalue weighted by atomic mass is 9.75. The van der Waals surface area contributed by atoms with Crippen molar-refractivity contribution < 1.29 is 14.6 Å². The molecule has 0 saturated carbocycles. The van der Waals surface area contributed by atoms with Crippen molar-refractivity contribution in [2.24, 2.45) is 0 Å². The van der Waals surface area contributed by atoms with Crippen molar-refractivity contribution in [1.82, 2.24) is 0 Å². The molecule has 2 aliphatic rings. The van der Waals surface area contributed by atoms with Crippen LogP contribution in [0.1, 0.15) is 28.5 Å². The van der Waals surface area contributed by atoms with Gasteiger partial charge in [0.1, 0.15) is 23.9 Å². The van der Waals surface area contributed by atoms with Crippen LogP contribution in [0.4, 0.5) is 5.69 Å². The van der Waals surface area contributed by atoms with Crippen LogP contribution in [0.5, 0.6) is 17.2 Å². The number of aromatic hydroxyl groups is 1. The molecule has 4 heteroatoms. The number of anilines is 1. The molecule has 4 nitrogen and oxygen atoms in total. The Morgan fingerprint density at radius 2 is 1.70 bits per heavy atom. The zero-order valence-electron chi connectivity index (χ0n) is 14.9. The number of nitrogens with one attached hydrogen (secondary N) is 1. The number of rotatable bonds is 2. The zero-order valence-corrected chi connectivity index (χ0v) is 14.9. The van der Waals surface area contributed by atoms with Crippen LogP contribution < -0.4 is 14.8 Å². The molecule has 0 aliphatic carbocycles. The topological polar surface area (TPSA) is 50.7 Å². The van der Waals surface area contributed by atoms with Gasteiger partial charge in [0.05, 0.1) is 12.3 Å². The molecule has 0 amide bonds. The Labute approximate surface area is 158 Å². The van der Waals surface area contributed by atoms with E-state index in [-0.39, 0.29) is 17.6 Å². The summed E-state index contributed by atoms with van der Waals surface area (Å²) in [5, 5.41) is 13.5. The molecule has 1 unspecified atom stereocenters. The fraction of sp³-hybridized carbons (Fsp3) is 0.217. The minimum Gasteiger partial charge on any atom is -0.508 e. The number of phenols is 1. The molecule has 3 aromatic rings. The molecular formula is C23H21NO3. The van der Waals surface area contributed by atoms with Crippen LogP contribution in [0.3, 0.4) is 0 Å². The predicted octanol–water partition coefficient (Wildman–Crippen LogP) is 4.50. The molecule has 0 fully saturated rings. The van der Waals surface area contributed by atoms with Gasteiger partial charge < -0.3 is 19.9 Å². The number of fused-ring (bicyclic) bond motifs is 2. The Morgan fingerprint density at radius 1 is 0.852 bits per heavy atom. The van der Waals surface area contributed by atoms with Gasteiger partial charge in [-0.05, 0) is 41.5 Å². The highest BCUT2D eigenvalue weighted by Crippen LogP contribution is 2.48. The van der Waals surface area contributed by atoms with Crippen molar-refractivity contribution in [3.05, 3.63) is 83.4 Å². The van der Waals surface area contributed by atoms with E-state index in [1.54, 1.807) is 6.07 Å². The minimum absolute atomic E-state index is 0.0947. The number of phenolic OH excluding ortho intramolecular Hbond substituents is 1. The Balaban J connectivity index is 1.66. The summed E-state index contributed by atoms with van der Waals surface area (Å²) >= 11 is 0. The van der Waals surface area contributed by atoms with Crippen molar-refractivity contribution in [1.29, 1.82) is 0 Å². The van der Waals surface area contributed by atoms with E-state index in [0.29, 0.717) is 13.2 Å². The van der Waals surface area contributed by atoms with Crippen molar-refractivity contribution >= 4 is 5.69 Å². The average molecular weight is 359 g/mol. The maximum atomic E-state index is 10.1. The zero-order chi connectivity index (χ0) is 18.2. The Hall–Kier alpha value is -3.14. The van der Waals surface area contributed by atoms with Gasteiger partial charge in [-0.25, -0.2) is 0 Å². The quantitative estimate of drug-likeness (QED) is 0.707. The second-order valence-electron chi connectivity index (χ2n) is 7.06. The van der Waals surface area contributed by atoms with Gasteiger partial charge in [-0.2, -0.15) is 0 Å². The summed E-state index contributed by atoms with van der Waals surface area (Å²) in [6.07, 6.45) is 0. The third-order valence-corrected chi connectivity index (χ3v) is 5.41. The second-order valence-corrected chi connectivity index (χ2v) is 7.06. The molecule has 0 radical (unpaired) electrons. The van der Waals surface area contributed by atoms with Crippen molar-refractivity contribution in [3.63, 3.8) is 0 Å². The fourth-order valence-corrected chi connectivity index (χ4v) is 4.16. The van der Waals surface area contributed by atoms with E-state index in [1.807, 2.05) is 24.3 Å². The van der Waals surface area contributed by atoms with Gasteiger partial charge >= 0.3 is 0 Å². The van der Waals surface area contributed by atoms with Gasteiger partial charge in [0.15, 0.2) is 0 Å². The van der Waals surface area contributed by atoms with Crippen LogP contribution in [-0.4, -0.2) is 24.9 Å². The molecule has 0 bridgehead atoms. The molecular weight excluding hydrogens is 338 g/mol. The lowest BCUT2D eigenvalue weighted by Crippen LogP contribution is -2.25. The summed E-state index contributed by atoms with van der Waals surface area (Å²) in [5.41, 5.74) is 4.47. The van der Waals surface area contributed by atoms with Crippen LogP contribution in [0.25, 0.3) is 0 Å². The second kappa shape index (κ2) is 6.54. The third-order valence-electron chi connectivity index (χ3n) is 5.41. The first-order chi connectivity index (χ1) is 13.3. The molecule has 2 aliphatic heterocycles. The largest absolute Gasteiger partial charge is 0.508 e. The van der Waals surface area contributed by atoms with Crippen LogP contribution in [0, 0.1) is 0 Å². The molecule has 27 heavy (non-hydrogen) atoms. The average Bonchev–Trinajstić information content (AvgIpc) is 2.73. The molecule has 3 aromatic carbocycles. The Bertz CT molecular complexity index is 971. The maximum Gasteiger partial charge on any atom is 0.142 e. The van der Waals surface area contributed by atoms with Crippen LogP contribution >= 0.6 is 0 Å². The summed E-state index contributed by atoms with van der Waals surface area (Å²) in [6.45, 7) is 2.10. The van der Waals surface area contributed by atoms with Crippen molar-refractivity contribution in [3.8, 4) is 17.2 Å². The van der Waals surface area contributed by atoms with E-state index in [4.69, 9.17) is 9.47 Å². The highest BCUT2D eigenvalue weighted by atomic mass is 16.5. The first-order valence-electron chi connectivity index (χ1n) is 9.31. The van der Waals surface area contributed by atoms with E-state index >= 15 is 0 Å². The first-order valence-corrected chi connectivity index (χ1v) is 9.31. The first kappa shape index (κ1) is 16.1. The highest BCUT2D eigenvalue weighted by Gasteiger charge is 2.34. The summed E-state index contributed by atoms with van der Waals surface area (Å²) in [4.78, 5) is 0. The molecule has 0 spiro atoms. The van der Waals surface area contributed by atoms with E-state index in [2.05, 4.69) is 41.7 Å². The number of benzene rings is 3. The van der Waals surface area contributed by atoms with Gasteiger partial charge in [-0.3, -0.25) is 0 Å². The van der Waals surface area contributed by atoms with Crippen LogP contribution in [0.15, 0.2) is 66.7 Å². The molecule has 0 aromatic heterocycles. The standard InChI is InChI=1S/C23H21NO3/c25-17-7-9-21-18(13-17)23(19(14-27-21)15-4-2-1-3-5-15)16-6-8-22-20(12-16)24-10-11-26-22/h1-9,12-13,19,23-25H,10-11,14H2/t19-,23?/m1/s1.